The van der Waals surface area contributed by atoms with Gasteiger partial charge >= 0.3 is 18.2 Å². The number of carbonyl (C=O) groups excluding carboxylic acids is 4. The van der Waals surface area contributed by atoms with E-state index in [1.54, 1.807) is 112 Å². The molecule has 26 heteroatoms. The second-order valence-electron chi connectivity index (χ2n) is 18.5. The number of nitrogen functional groups attached to an aromatic ring is 1. The molecule has 0 aliphatic carbocycles. The van der Waals surface area contributed by atoms with Gasteiger partial charge in [0, 0.05) is 76.1 Å². The van der Waals surface area contributed by atoms with Crippen molar-refractivity contribution in [3.63, 3.8) is 0 Å². The predicted octanol–water partition coefficient (Wildman–Crippen LogP) is 7.62. The molecule has 6 amide bonds. The summed E-state index contributed by atoms with van der Waals surface area (Å²) in [5.74, 6) is 2.42. The zero-order valence-corrected chi connectivity index (χ0v) is 44.7. The minimum atomic E-state index is -0.576. The molecular formula is C55H73N15O10S. The summed E-state index contributed by atoms with van der Waals surface area (Å²) >= 11 is 1.49. The highest BCUT2D eigenvalue weighted by Gasteiger charge is 2.28. The molecule has 3 aliphatic heterocycles. The average Bonchev–Trinajstić information content (AvgIpc) is 3.44. The van der Waals surface area contributed by atoms with Crippen LogP contribution in [0.4, 0.5) is 37.3 Å². The van der Waals surface area contributed by atoms with Gasteiger partial charge in [0.25, 0.3) is 0 Å². The molecular weight excluding hydrogens is 1060 g/mol. The first-order valence-electron chi connectivity index (χ1n) is 24.7. The number of thioether (sulfide) groups is 1. The minimum Gasteiger partial charge on any atom is -0.481 e. The highest BCUT2D eigenvalue weighted by Crippen LogP contribution is 2.30. The van der Waals surface area contributed by atoms with Gasteiger partial charge in [0.1, 0.15) is 28.0 Å². The molecule has 0 radical (unpaired) electrons. The molecule has 2 fully saturated rings. The number of carbonyl (C=O) groups is 4. The maximum Gasteiger partial charge on any atom is 0.407 e. The first kappa shape index (κ1) is 63.4. The third-order valence-corrected chi connectivity index (χ3v) is 12.8. The van der Waals surface area contributed by atoms with Crippen LogP contribution in [-0.4, -0.2) is 166 Å². The number of nitrogens with one attached hydrogen (secondary N) is 5. The first-order valence-corrected chi connectivity index (χ1v) is 25.7. The number of nitrogens with two attached hydrogens (primary N) is 1. The Morgan fingerprint density at radius 2 is 1.17 bits per heavy atom. The van der Waals surface area contributed by atoms with Gasteiger partial charge in [0.15, 0.2) is 0 Å². The number of nitrogens with zero attached hydrogens (tertiary/aromatic N) is 9. The van der Waals surface area contributed by atoms with Crippen molar-refractivity contribution in [3.8, 4) is 17.6 Å². The summed E-state index contributed by atoms with van der Waals surface area (Å²) in [4.78, 5) is 83.7. The number of ether oxygens (including phenoxy) is 6. The lowest BCUT2D eigenvalue weighted by Gasteiger charge is -2.33. The zero-order valence-electron chi connectivity index (χ0n) is 43.9. The van der Waals surface area contributed by atoms with Crippen LogP contribution in [0.15, 0.2) is 90.2 Å². The number of morpholine rings is 2. The molecule has 7 N–H and O–H groups in total. The molecule has 2 atom stereocenters. The lowest BCUT2D eigenvalue weighted by molar-refractivity contribution is -0.113. The van der Waals surface area contributed by atoms with Crippen molar-refractivity contribution in [1.29, 1.82) is 0 Å². The topological polar surface area (TPSA) is 307 Å². The van der Waals surface area contributed by atoms with E-state index in [2.05, 4.69) is 61.5 Å². The molecule has 25 nitrogen and oxygen atoms in total. The highest BCUT2D eigenvalue weighted by molar-refractivity contribution is 8.00. The maximum absolute atomic E-state index is 13.0. The van der Waals surface area contributed by atoms with Gasteiger partial charge in [0.05, 0.1) is 103 Å². The van der Waals surface area contributed by atoms with Crippen LogP contribution in [0.2, 0.25) is 0 Å². The van der Waals surface area contributed by atoms with Gasteiger partial charge < -0.3 is 70.5 Å². The van der Waals surface area contributed by atoms with Gasteiger partial charge in [0.2, 0.25) is 23.5 Å². The lowest BCUT2D eigenvalue weighted by Crippen LogP contribution is -2.51. The van der Waals surface area contributed by atoms with E-state index in [9.17, 15) is 19.2 Å². The summed E-state index contributed by atoms with van der Waals surface area (Å²) in [5.41, 5.74) is 11.6. The Morgan fingerprint density at radius 3 is 1.69 bits per heavy atom. The fraction of sp³-hybridized carbons (Fsp3) is 0.400. The Morgan fingerprint density at radius 1 is 0.679 bits per heavy atom. The largest absolute Gasteiger partial charge is 0.481 e. The van der Waals surface area contributed by atoms with Gasteiger partial charge in [-0.3, -0.25) is 19.7 Å². The van der Waals surface area contributed by atoms with Crippen molar-refractivity contribution in [1.82, 2.24) is 55.3 Å². The molecule has 2 saturated heterocycles. The number of rotatable bonds is 11. The summed E-state index contributed by atoms with van der Waals surface area (Å²) in [5, 5.41) is 14.7. The monoisotopic (exact) mass is 1140 g/mol. The fourth-order valence-electron chi connectivity index (χ4n) is 8.00. The van der Waals surface area contributed by atoms with E-state index in [0.29, 0.717) is 126 Å². The molecule has 10 rings (SSSR count). The molecule has 0 unspecified atom stereocenters. The average molecular weight is 1140 g/mol. The SMILES string of the molecule is C.C.C.COc1ccc2nccc(N)c2n1.COc1ccc2nccc(NC(=O)N3CCO[C@@H](CNC(=O)OC(C)(C)C)C3)c2n1.COc1ccc2nccc(NC(=O)N3CCO[C@@H](CNCc4ccc5c(n4)NC(=O)CS5)C3)c2n1. The molecule has 81 heavy (non-hydrogen) atoms. The van der Waals surface area contributed by atoms with E-state index in [-0.39, 0.29) is 59.0 Å². The Kier molecular flexibility index (Phi) is 23.2. The van der Waals surface area contributed by atoms with E-state index in [4.69, 9.17) is 34.2 Å². The molecule has 0 spiro atoms. The number of urea groups is 2. The van der Waals surface area contributed by atoms with Crippen LogP contribution in [0, 0.1) is 0 Å². The third-order valence-electron chi connectivity index (χ3n) is 11.8. The maximum atomic E-state index is 13.0. The summed E-state index contributed by atoms with van der Waals surface area (Å²) in [7, 11) is 4.64. The molecule has 434 valence electrons. The van der Waals surface area contributed by atoms with Gasteiger partial charge in [-0.05, 0) is 69.3 Å². The van der Waals surface area contributed by atoms with Crippen molar-refractivity contribution < 1.29 is 47.6 Å². The second kappa shape index (κ2) is 29.7. The quantitative estimate of drug-likeness (QED) is 0.0725. The Hall–Kier alpha value is -8.46. The minimum absolute atomic E-state index is 0. The fourth-order valence-corrected chi connectivity index (χ4v) is 8.76. The molecule has 0 saturated carbocycles. The number of aromatic nitrogens is 7. The van der Waals surface area contributed by atoms with Crippen LogP contribution in [0.25, 0.3) is 33.1 Å². The molecule has 0 bridgehead atoms. The van der Waals surface area contributed by atoms with Crippen LogP contribution >= 0.6 is 11.8 Å². The lowest BCUT2D eigenvalue weighted by atomic mass is 10.2. The number of methoxy groups -OCH3 is 3. The van der Waals surface area contributed by atoms with Gasteiger partial charge in [-0.1, -0.05) is 22.3 Å². The molecule has 10 heterocycles. The highest BCUT2D eigenvalue weighted by atomic mass is 32.2. The number of hydrogen-bond donors (Lipinski definition) is 6. The Balaban J connectivity index is 0.000000238. The van der Waals surface area contributed by atoms with Crippen LogP contribution in [-0.2, 0) is 25.5 Å². The Bertz CT molecular complexity index is 3260. The zero-order chi connectivity index (χ0) is 55.2. The van der Waals surface area contributed by atoms with E-state index in [1.807, 2.05) is 18.2 Å². The van der Waals surface area contributed by atoms with Crippen molar-refractivity contribution in [3.05, 3.63) is 91.0 Å². The van der Waals surface area contributed by atoms with Crippen molar-refractivity contribution in [2.45, 2.75) is 72.3 Å². The summed E-state index contributed by atoms with van der Waals surface area (Å²) in [6.45, 7) is 9.24. The number of hydrogen-bond acceptors (Lipinski definition) is 20. The number of alkyl carbamates (subject to hydrolysis) is 1. The van der Waals surface area contributed by atoms with Gasteiger partial charge in [-0.15, -0.1) is 11.8 Å². The smallest absolute Gasteiger partial charge is 0.407 e. The molecule has 7 aromatic heterocycles. The van der Waals surface area contributed by atoms with Crippen molar-refractivity contribution in [2.75, 3.05) is 101 Å². The summed E-state index contributed by atoms with van der Waals surface area (Å²) < 4.78 is 32.1. The number of fused-ring (bicyclic) bond motifs is 4. The number of amides is 6. The second-order valence-corrected chi connectivity index (χ2v) is 19.5. The first-order chi connectivity index (χ1) is 37.6. The van der Waals surface area contributed by atoms with Gasteiger partial charge in [-0.2, -0.15) is 0 Å². The molecule has 0 aromatic carbocycles. The third kappa shape index (κ3) is 17.5. The predicted molar refractivity (Wildman–Crippen MR) is 313 cm³/mol. The van der Waals surface area contributed by atoms with Crippen LogP contribution in [0.1, 0.15) is 48.7 Å². The molecule has 3 aliphatic rings. The van der Waals surface area contributed by atoms with Gasteiger partial charge in [-0.25, -0.2) is 34.3 Å². The van der Waals surface area contributed by atoms with Crippen molar-refractivity contribution in [2.24, 2.45) is 0 Å². The van der Waals surface area contributed by atoms with E-state index < -0.39 is 11.7 Å². The normalized spacial score (nSPS) is 15.5. The Labute approximate surface area is 475 Å². The summed E-state index contributed by atoms with van der Waals surface area (Å²) in [6, 6.07) is 19.2. The molecule has 7 aromatic rings. The number of anilines is 4. The van der Waals surface area contributed by atoms with Crippen molar-refractivity contribution >= 4 is 91.8 Å². The van der Waals surface area contributed by atoms with E-state index >= 15 is 0 Å². The van der Waals surface area contributed by atoms with Crippen LogP contribution in [0.5, 0.6) is 17.6 Å². The van der Waals surface area contributed by atoms with Crippen LogP contribution < -0.4 is 46.5 Å². The standard InChI is InChI=1S/C23H25N7O4S.C20H27N5O5.C9H9N3O.3CH4/c1-33-20-5-3-16-21(29-20)17(6-7-25-16)27-23(32)30-8-9-34-15(12-30)11-24-10-14-2-4-18-22(26-14)28-19(31)13-35-18;1-20(2,3)30-19(27)22-11-13-12-25(9-10-29-13)18(26)23-15-7-8-21-14-5-6-16(28-4)24-17(14)15;1-13-8-3-2-7-9(12-8)6(10)4-5-11-7;;;/h2-7,15,24H,8-13H2,1H3,(H,25,27,32)(H,26,28,31);5-8,13H,9-12H2,1-4H3,(H,22,27)(H,21,23,26);2-5H,1H3,(H2,10,11);3*1H4/t15-;13-;;;;/m00..../s1. The number of pyridine rings is 7. The van der Waals surface area contributed by atoms with E-state index in [0.717, 1.165) is 16.1 Å². The van der Waals surface area contributed by atoms with Crippen LogP contribution in [0.3, 0.4) is 0 Å². The summed E-state index contributed by atoms with van der Waals surface area (Å²) in [6.07, 6.45) is 3.90. The van der Waals surface area contributed by atoms with E-state index in [1.165, 1.54) is 18.9 Å².